The van der Waals surface area contributed by atoms with Crippen molar-refractivity contribution in [1.82, 2.24) is 19.9 Å². The number of rotatable bonds is 5. The van der Waals surface area contributed by atoms with E-state index in [2.05, 4.69) is 19.9 Å². The molecule has 1 aliphatic heterocycles. The Morgan fingerprint density at radius 1 is 1.21 bits per heavy atom. The number of carbonyl (C=O) groups excluding carboxylic acids is 1. The first kappa shape index (κ1) is 21.2. The van der Waals surface area contributed by atoms with Gasteiger partial charge in [-0.15, -0.1) is 0 Å². The molecular formula is C25H24FN5O2. The van der Waals surface area contributed by atoms with Gasteiger partial charge in [-0.1, -0.05) is 12.1 Å². The van der Waals surface area contributed by atoms with E-state index >= 15 is 0 Å². The van der Waals surface area contributed by atoms with Crippen LogP contribution in [-0.2, 0) is 11.3 Å². The molecule has 1 aliphatic rings. The Morgan fingerprint density at radius 3 is 2.79 bits per heavy atom. The van der Waals surface area contributed by atoms with Crippen LogP contribution < -0.4 is 5.73 Å². The highest BCUT2D eigenvalue weighted by atomic mass is 19.1. The predicted molar refractivity (Wildman–Crippen MR) is 123 cm³/mol. The van der Waals surface area contributed by atoms with Crippen molar-refractivity contribution in [3.8, 4) is 11.3 Å². The van der Waals surface area contributed by atoms with Gasteiger partial charge in [-0.25, -0.2) is 4.39 Å². The molecular weight excluding hydrogens is 421 g/mol. The summed E-state index contributed by atoms with van der Waals surface area (Å²) in [5.41, 5.74) is 11.2. The van der Waals surface area contributed by atoms with Crippen LogP contribution >= 0.6 is 0 Å². The van der Waals surface area contributed by atoms with E-state index in [1.54, 1.807) is 36.7 Å². The number of fused-ring (bicyclic) bond motifs is 1. The SMILES string of the molecule is Cc1[nH]c2ccc(F)cc2c1CN1CCOC(c2nccnc2-c2ccc(C(N)=O)cc2)C1. The molecule has 7 nitrogen and oxygen atoms in total. The molecule has 1 atom stereocenters. The molecule has 1 amide bonds. The smallest absolute Gasteiger partial charge is 0.248 e. The second-order valence-corrected chi connectivity index (χ2v) is 8.24. The largest absolute Gasteiger partial charge is 0.369 e. The molecule has 2 aromatic carbocycles. The number of aromatic amines is 1. The number of morpholine rings is 1. The highest BCUT2D eigenvalue weighted by molar-refractivity contribution is 5.93. The number of nitrogens with one attached hydrogen (secondary N) is 1. The molecule has 0 spiro atoms. The zero-order chi connectivity index (χ0) is 22.9. The van der Waals surface area contributed by atoms with Crippen LogP contribution in [0.25, 0.3) is 22.2 Å². The maximum atomic E-state index is 13.9. The van der Waals surface area contributed by atoms with Crippen LogP contribution in [0.2, 0.25) is 0 Å². The second-order valence-electron chi connectivity index (χ2n) is 8.24. The minimum Gasteiger partial charge on any atom is -0.369 e. The number of amides is 1. The Bertz CT molecular complexity index is 1320. The highest BCUT2D eigenvalue weighted by Gasteiger charge is 2.27. The van der Waals surface area contributed by atoms with Crippen LogP contribution in [0.1, 0.15) is 33.4 Å². The van der Waals surface area contributed by atoms with E-state index in [1.807, 2.05) is 19.1 Å². The lowest BCUT2D eigenvalue weighted by Crippen LogP contribution is -2.38. The fraction of sp³-hybridized carbons (Fsp3) is 0.240. The zero-order valence-corrected chi connectivity index (χ0v) is 18.2. The highest BCUT2D eigenvalue weighted by Crippen LogP contribution is 2.31. The quantitative estimate of drug-likeness (QED) is 0.488. The summed E-state index contributed by atoms with van der Waals surface area (Å²) in [5, 5.41) is 0.908. The molecule has 33 heavy (non-hydrogen) atoms. The van der Waals surface area contributed by atoms with E-state index in [0.29, 0.717) is 31.0 Å². The van der Waals surface area contributed by atoms with Crippen molar-refractivity contribution in [2.24, 2.45) is 5.73 Å². The van der Waals surface area contributed by atoms with Crippen molar-refractivity contribution < 1.29 is 13.9 Å². The molecule has 0 saturated carbocycles. The lowest BCUT2D eigenvalue weighted by molar-refractivity contribution is -0.0347. The summed E-state index contributed by atoms with van der Waals surface area (Å²) < 4.78 is 20.0. The van der Waals surface area contributed by atoms with Gasteiger partial charge in [-0.3, -0.25) is 19.7 Å². The number of halogens is 1. The van der Waals surface area contributed by atoms with Crippen LogP contribution in [0.4, 0.5) is 4.39 Å². The Kier molecular flexibility index (Phi) is 5.62. The van der Waals surface area contributed by atoms with Gasteiger partial charge >= 0.3 is 0 Å². The second kappa shape index (κ2) is 8.73. The van der Waals surface area contributed by atoms with Crippen molar-refractivity contribution >= 4 is 16.8 Å². The summed E-state index contributed by atoms with van der Waals surface area (Å²) >= 11 is 0. The van der Waals surface area contributed by atoms with Crippen molar-refractivity contribution in [1.29, 1.82) is 0 Å². The van der Waals surface area contributed by atoms with E-state index < -0.39 is 5.91 Å². The van der Waals surface area contributed by atoms with Gasteiger partial charge in [-0.2, -0.15) is 0 Å². The molecule has 0 aliphatic carbocycles. The average molecular weight is 445 g/mol. The van der Waals surface area contributed by atoms with Crippen LogP contribution in [0.15, 0.2) is 54.9 Å². The van der Waals surface area contributed by atoms with E-state index in [1.165, 1.54) is 6.07 Å². The summed E-state index contributed by atoms with van der Waals surface area (Å²) in [6.07, 6.45) is 3.04. The monoisotopic (exact) mass is 445 g/mol. The first-order valence-corrected chi connectivity index (χ1v) is 10.8. The third-order valence-electron chi connectivity index (χ3n) is 6.09. The summed E-state index contributed by atoms with van der Waals surface area (Å²) in [6.45, 7) is 4.64. The van der Waals surface area contributed by atoms with Gasteiger partial charge in [0, 0.05) is 59.8 Å². The molecule has 1 unspecified atom stereocenters. The number of primary amides is 1. The van der Waals surface area contributed by atoms with E-state index in [0.717, 1.165) is 40.0 Å². The Hall–Kier alpha value is -3.62. The Morgan fingerprint density at radius 2 is 2.00 bits per heavy atom. The molecule has 1 fully saturated rings. The predicted octanol–water partition coefficient (Wildman–Crippen LogP) is 3.74. The molecule has 168 valence electrons. The number of hydrogen-bond donors (Lipinski definition) is 2. The summed E-state index contributed by atoms with van der Waals surface area (Å²) in [7, 11) is 0. The number of aromatic nitrogens is 3. The number of nitrogens with zero attached hydrogens (tertiary/aromatic N) is 3. The lowest BCUT2D eigenvalue weighted by atomic mass is 10.0. The van der Waals surface area contributed by atoms with Gasteiger partial charge in [0.2, 0.25) is 5.91 Å². The topological polar surface area (TPSA) is 97.1 Å². The normalized spacial score (nSPS) is 16.8. The van der Waals surface area contributed by atoms with Crippen molar-refractivity contribution in [3.63, 3.8) is 0 Å². The van der Waals surface area contributed by atoms with Gasteiger partial charge in [0.1, 0.15) is 11.9 Å². The standard InChI is InChI=1S/C25H24FN5O2/c1-15-20(19-12-18(26)6-7-21(19)30-15)13-31-10-11-33-22(14-31)24-23(28-8-9-29-24)16-2-4-17(5-3-16)25(27)32/h2-9,12,22,30H,10-11,13-14H2,1H3,(H2,27,32). The van der Waals surface area contributed by atoms with Gasteiger partial charge in [-0.05, 0) is 42.8 Å². The molecule has 5 rings (SSSR count). The number of H-pyrrole nitrogens is 1. The van der Waals surface area contributed by atoms with Crippen LogP contribution in [0.5, 0.6) is 0 Å². The molecule has 4 aromatic rings. The third-order valence-corrected chi connectivity index (χ3v) is 6.09. The van der Waals surface area contributed by atoms with Crippen molar-refractivity contribution in [2.75, 3.05) is 19.7 Å². The van der Waals surface area contributed by atoms with Gasteiger partial charge in [0.05, 0.1) is 18.0 Å². The Balaban J connectivity index is 1.41. The maximum Gasteiger partial charge on any atom is 0.248 e. The van der Waals surface area contributed by atoms with Crippen LogP contribution in [-0.4, -0.2) is 45.5 Å². The number of ether oxygens (including phenoxy) is 1. The number of benzene rings is 2. The third kappa shape index (κ3) is 4.22. The minimum atomic E-state index is -0.473. The van der Waals surface area contributed by atoms with Crippen molar-refractivity contribution in [2.45, 2.75) is 19.6 Å². The van der Waals surface area contributed by atoms with Gasteiger partial charge in [0.15, 0.2) is 0 Å². The average Bonchev–Trinajstić information content (AvgIpc) is 3.13. The number of nitrogens with two attached hydrogens (primary N) is 1. The minimum absolute atomic E-state index is 0.242. The fourth-order valence-electron chi connectivity index (χ4n) is 4.39. The van der Waals surface area contributed by atoms with E-state index in [9.17, 15) is 9.18 Å². The first-order chi connectivity index (χ1) is 16.0. The molecule has 8 heteroatoms. The number of carbonyl (C=O) groups is 1. The zero-order valence-electron chi connectivity index (χ0n) is 18.2. The molecule has 3 N–H and O–H groups in total. The lowest BCUT2D eigenvalue weighted by Gasteiger charge is -2.33. The molecule has 1 saturated heterocycles. The maximum absolute atomic E-state index is 13.9. The molecule has 2 aromatic heterocycles. The molecule has 3 heterocycles. The number of aryl methyl sites for hydroxylation is 1. The van der Waals surface area contributed by atoms with Gasteiger partial charge < -0.3 is 15.5 Å². The number of hydrogen-bond acceptors (Lipinski definition) is 5. The Labute approximate surface area is 190 Å². The van der Waals surface area contributed by atoms with E-state index in [-0.39, 0.29) is 11.9 Å². The fourth-order valence-corrected chi connectivity index (χ4v) is 4.39. The molecule has 0 radical (unpaired) electrons. The van der Waals surface area contributed by atoms with Crippen LogP contribution in [0, 0.1) is 12.7 Å². The summed E-state index contributed by atoms with van der Waals surface area (Å²) in [6, 6.07) is 11.8. The summed E-state index contributed by atoms with van der Waals surface area (Å²) in [4.78, 5) is 26.2. The van der Waals surface area contributed by atoms with Crippen molar-refractivity contribution in [3.05, 3.63) is 83.2 Å². The van der Waals surface area contributed by atoms with E-state index in [4.69, 9.17) is 10.5 Å². The summed E-state index contributed by atoms with van der Waals surface area (Å²) in [5.74, 6) is -0.714. The van der Waals surface area contributed by atoms with Gasteiger partial charge in [0.25, 0.3) is 0 Å². The molecule has 0 bridgehead atoms. The first-order valence-electron chi connectivity index (χ1n) is 10.8. The van der Waals surface area contributed by atoms with Crippen LogP contribution in [0.3, 0.4) is 0 Å².